The third kappa shape index (κ3) is 2.78. The van der Waals surface area contributed by atoms with Crippen LogP contribution in [0.2, 0.25) is 0 Å². The molecule has 0 spiro atoms. The number of hydrogen-bond donors (Lipinski definition) is 1. The summed E-state index contributed by atoms with van der Waals surface area (Å²) in [4.78, 5) is 25.6. The fourth-order valence-corrected chi connectivity index (χ4v) is 1.66. The largest absolute Gasteiger partial charge is 0.480 e. The number of hydrogen-bond acceptors (Lipinski definition) is 4. The van der Waals surface area contributed by atoms with Gasteiger partial charge >= 0.3 is 5.97 Å². The summed E-state index contributed by atoms with van der Waals surface area (Å²) in [5.41, 5.74) is 0. The summed E-state index contributed by atoms with van der Waals surface area (Å²) in [5.74, 6) is -0.750. The highest BCUT2D eigenvalue weighted by molar-refractivity contribution is 5.85. The van der Waals surface area contributed by atoms with Gasteiger partial charge in [-0.05, 0) is 14.1 Å². The number of likely N-dealkylation sites (N-methyl/N-ethyl adjacent to an activating group) is 2. The molecule has 1 aliphatic rings. The van der Waals surface area contributed by atoms with Crippen molar-refractivity contribution in [2.75, 3.05) is 33.7 Å². The number of nitrogens with zero attached hydrogens (tertiary/aromatic N) is 2. The summed E-state index contributed by atoms with van der Waals surface area (Å²) in [6, 6.07) is -0.259. The van der Waals surface area contributed by atoms with E-state index in [9.17, 15) is 9.59 Å². The number of rotatable bonds is 3. The van der Waals surface area contributed by atoms with Crippen molar-refractivity contribution in [3.05, 3.63) is 0 Å². The monoisotopic (exact) mass is 200 g/mol. The van der Waals surface area contributed by atoms with Crippen LogP contribution in [0.3, 0.4) is 0 Å². The van der Waals surface area contributed by atoms with Gasteiger partial charge in [0, 0.05) is 19.5 Å². The zero-order valence-electron chi connectivity index (χ0n) is 8.56. The molecule has 0 amide bonds. The van der Waals surface area contributed by atoms with Crippen molar-refractivity contribution in [3.8, 4) is 0 Å². The van der Waals surface area contributed by atoms with Crippen LogP contribution in [0.1, 0.15) is 6.42 Å². The Labute approximate surface area is 83.3 Å². The quantitative estimate of drug-likeness (QED) is 0.651. The summed E-state index contributed by atoms with van der Waals surface area (Å²) < 4.78 is 0. The van der Waals surface area contributed by atoms with Gasteiger partial charge in [-0.2, -0.15) is 0 Å². The second kappa shape index (κ2) is 4.52. The van der Waals surface area contributed by atoms with E-state index in [2.05, 4.69) is 0 Å². The van der Waals surface area contributed by atoms with E-state index >= 15 is 0 Å². The molecule has 5 heteroatoms. The molecule has 0 aliphatic carbocycles. The van der Waals surface area contributed by atoms with Crippen LogP contribution in [0.15, 0.2) is 0 Å². The van der Waals surface area contributed by atoms with Crippen molar-refractivity contribution in [2.45, 2.75) is 12.5 Å². The van der Waals surface area contributed by atoms with Gasteiger partial charge in [0.05, 0.1) is 12.6 Å². The Balaban J connectivity index is 2.55. The van der Waals surface area contributed by atoms with Gasteiger partial charge in [0.25, 0.3) is 0 Å². The molecule has 0 radical (unpaired) electrons. The molecule has 1 aliphatic heterocycles. The molecule has 0 aromatic heterocycles. The molecule has 1 saturated heterocycles. The SMILES string of the molecule is CN1CCC(=O)C(N(C)CC(=O)O)C1. The van der Waals surface area contributed by atoms with E-state index in [0.29, 0.717) is 13.0 Å². The normalized spacial score (nSPS) is 24.2. The van der Waals surface area contributed by atoms with Crippen molar-refractivity contribution in [1.29, 1.82) is 0 Å². The third-order valence-electron chi connectivity index (χ3n) is 2.51. The molecule has 1 N–H and O–H groups in total. The Bertz CT molecular complexity index is 242. The summed E-state index contributed by atoms with van der Waals surface area (Å²) in [6.07, 6.45) is 0.519. The third-order valence-corrected chi connectivity index (χ3v) is 2.51. The lowest BCUT2D eigenvalue weighted by Gasteiger charge is -2.33. The smallest absolute Gasteiger partial charge is 0.317 e. The van der Waals surface area contributed by atoms with Gasteiger partial charge in [0.15, 0.2) is 5.78 Å². The van der Waals surface area contributed by atoms with Gasteiger partial charge in [-0.25, -0.2) is 0 Å². The van der Waals surface area contributed by atoms with Gasteiger partial charge in [0.2, 0.25) is 0 Å². The van der Waals surface area contributed by atoms with Gasteiger partial charge in [-0.15, -0.1) is 0 Å². The Morgan fingerprint density at radius 3 is 2.93 bits per heavy atom. The second-order valence-electron chi connectivity index (χ2n) is 3.80. The first-order valence-corrected chi connectivity index (χ1v) is 4.64. The Morgan fingerprint density at radius 2 is 2.36 bits per heavy atom. The predicted octanol–water partition coefficient (Wildman–Crippen LogP) is -0.724. The topological polar surface area (TPSA) is 60.9 Å². The molecule has 1 heterocycles. The van der Waals surface area contributed by atoms with Crippen molar-refractivity contribution >= 4 is 11.8 Å². The highest BCUT2D eigenvalue weighted by atomic mass is 16.4. The molecule has 80 valence electrons. The van der Waals surface area contributed by atoms with E-state index in [1.54, 1.807) is 11.9 Å². The van der Waals surface area contributed by atoms with Crippen LogP contribution in [0.4, 0.5) is 0 Å². The van der Waals surface area contributed by atoms with Gasteiger partial charge < -0.3 is 10.0 Å². The number of carbonyl (C=O) groups is 2. The number of piperidine rings is 1. The number of ketones is 1. The van der Waals surface area contributed by atoms with E-state index in [0.717, 1.165) is 6.54 Å². The van der Waals surface area contributed by atoms with Crippen LogP contribution < -0.4 is 0 Å². The first-order chi connectivity index (χ1) is 6.50. The molecule has 0 bridgehead atoms. The molecular weight excluding hydrogens is 184 g/mol. The molecule has 14 heavy (non-hydrogen) atoms. The molecule has 1 rings (SSSR count). The Hall–Kier alpha value is -0.940. The molecule has 0 aromatic carbocycles. The highest BCUT2D eigenvalue weighted by Gasteiger charge is 2.29. The average molecular weight is 200 g/mol. The number of carbonyl (C=O) groups excluding carboxylic acids is 1. The zero-order valence-corrected chi connectivity index (χ0v) is 8.56. The molecule has 5 nitrogen and oxygen atoms in total. The molecule has 0 aromatic rings. The molecule has 1 atom stereocenters. The minimum atomic E-state index is -0.895. The summed E-state index contributed by atoms with van der Waals surface area (Å²) >= 11 is 0. The van der Waals surface area contributed by atoms with Crippen LogP contribution in [0, 0.1) is 0 Å². The Kier molecular flexibility index (Phi) is 3.60. The van der Waals surface area contributed by atoms with E-state index in [-0.39, 0.29) is 18.4 Å². The molecule has 1 unspecified atom stereocenters. The predicted molar refractivity (Wildman–Crippen MR) is 51.2 cm³/mol. The number of Topliss-reactive ketones (excluding diaryl/α,β-unsaturated/α-hetero) is 1. The zero-order chi connectivity index (χ0) is 10.7. The van der Waals surface area contributed by atoms with Crippen LogP contribution in [-0.4, -0.2) is 66.4 Å². The van der Waals surface area contributed by atoms with Gasteiger partial charge in [0.1, 0.15) is 0 Å². The Morgan fingerprint density at radius 1 is 1.71 bits per heavy atom. The summed E-state index contributed by atoms with van der Waals surface area (Å²) in [6.45, 7) is 1.32. The lowest BCUT2D eigenvalue weighted by molar-refractivity contribution is -0.139. The number of likely N-dealkylation sites (tertiary alicyclic amines) is 1. The van der Waals surface area contributed by atoms with Crippen molar-refractivity contribution < 1.29 is 14.7 Å². The molecule has 0 saturated carbocycles. The van der Waals surface area contributed by atoms with Crippen LogP contribution in [-0.2, 0) is 9.59 Å². The fraction of sp³-hybridized carbons (Fsp3) is 0.778. The minimum Gasteiger partial charge on any atom is -0.480 e. The van der Waals surface area contributed by atoms with Crippen molar-refractivity contribution in [1.82, 2.24) is 9.80 Å². The molecule has 1 fully saturated rings. The van der Waals surface area contributed by atoms with Gasteiger partial charge in [-0.1, -0.05) is 0 Å². The van der Waals surface area contributed by atoms with E-state index in [1.165, 1.54) is 0 Å². The first kappa shape index (κ1) is 11.1. The maximum atomic E-state index is 11.5. The van der Waals surface area contributed by atoms with Crippen LogP contribution in [0.5, 0.6) is 0 Å². The lowest BCUT2D eigenvalue weighted by Crippen LogP contribution is -2.51. The van der Waals surface area contributed by atoms with Crippen LogP contribution >= 0.6 is 0 Å². The fourth-order valence-electron chi connectivity index (χ4n) is 1.66. The molecular formula is C9H16N2O3. The average Bonchev–Trinajstić information content (AvgIpc) is 2.08. The standard InChI is InChI=1S/C9H16N2O3/c1-10-4-3-8(12)7(5-10)11(2)6-9(13)14/h7H,3-6H2,1-2H3,(H,13,14). The van der Waals surface area contributed by atoms with Crippen LogP contribution in [0.25, 0.3) is 0 Å². The van der Waals surface area contributed by atoms with Gasteiger partial charge in [-0.3, -0.25) is 14.5 Å². The minimum absolute atomic E-state index is 0.0791. The summed E-state index contributed by atoms with van der Waals surface area (Å²) in [5, 5.41) is 8.60. The van der Waals surface area contributed by atoms with E-state index in [4.69, 9.17) is 5.11 Å². The maximum Gasteiger partial charge on any atom is 0.317 e. The van der Waals surface area contributed by atoms with Crippen molar-refractivity contribution in [2.24, 2.45) is 0 Å². The number of carboxylic acid groups (broad SMARTS) is 1. The number of aliphatic carboxylic acids is 1. The summed E-state index contributed by atoms with van der Waals surface area (Å²) in [7, 11) is 3.61. The first-order valence-electron chi connectivity index (χ1n) is 4.64. The lowest BCUT2D eigenvalue weighted by atomic mass is 10.0. The van der Waals surface area contributed by atoms with E-state index in [1.807, 2.05) is 11.9 Å². The second-order valence-corrected chi connectivity index (χ2v) is 3.80. The highest BCUT2D eigenvalue weighted by Crippen LogP contribution is 2.09. The maximum absolute atomic E-state index is 11.5. The van der Waals surface area contributed by atoms with E-state index < -0.39 is 5.97 Å². The van der Waals surface area contributed by atoms with Crippen molar-refractivity contribution in [3.63, 3.8) is 0 Å². The number of carboxylic acids is 1.